The van der Waals surface area contributed by atoms with Crippen LogP contribution in [0.1, 0.15) is 43.6 Å². The normalized spacial score (nSPS) is 20.4. The van der Waals surface area contributed by atoms with Crippen molar-refractivity contribution in [1.29, 1.82) is 0 Å². The van der Waals surface area contributed by atoms with Crippen molar-refractivity contribution < 1.29 is 9.53 Å². The van der Waals surface area contributed by atoms with E-state index in [-0.39, 0.29) is 17.2 Å². The van der Waals surface area contributed by atoms with Crippen LogP contribution in [-0.2, 0) is 17.6 Å². The lowest BCUT2D eigenvalue weighted by Gasteiger charge is -2.35. The Labute approximate surface area is 208 Å². The minimum Gasteiger partial charge on any atom is -0.497 e. The first-order valence-corrected chi connectivity index (χ1v) is 13.9. The Morgan fingerprint density at radius 1 is 1.21 bits per heavy atom. The van der Waals surface area contributed by atoms with Crippen molar-refractivity contribution >= 4 is 39.2 Å². The third-order valence-electron chi connectivity index (χ3n) is 6.82. The van der Waals surface area contributed by atoms with E-state index in [1.54, 1.807) is 23.0 Å². The second-order valence-corrected chi connectivity index (χ2v) is 11.7. The minimum absolute atomic E-state index is 0.0483. The van der Waals surface area contributed by atoms with E-state index in [1.165, 1.54) is 22.2 Å². The van der Waals surface area contributed by atoms with Crippen molar-refractivity contribution in [2.24, 2.45) is 11.8 Å². The van der Waals surface area contributed by atoms with Crippen molar-refractivity contribution in [3.63, 3.8) is 0 Å². The monoisotopic (exact) mass is 497 g/mol. The van der Waals surface area contributed by atoms with Crippen LogP contribution in [0.3, 0.4) is 0 Å². The molecule has 2 unspecified atom stereocenters. The molecule has 34 heavy (non-hydrogen) atoms. The molecule has 0 N–H and O–H groups in total. The molecule has 6 nitrogen and oxygen atoms in total. The molecule has 1 aliphatic heterocycles. The molecule has 5 rings (SSSR count). The van der Waals surface area contributed by atoms with E-state index < -0.39 is 0 Å². The van der Waals surface area contributed by atoms with Crippen LogP contribution >= 0.6 is 23.1 Å². The molecule has 1 fully saturated rings. The lowest BCUT2D eigenvalue weighted by molar-refractivity contribution is -0.130. The maximum atomic E-state index is 13.9. The molecule has 3 heterocycles. The fourth-order valence-electron chi connectivity index (χ4n) is 5.34. The average molecular weight is 498 g/mol. The Morgan fingerprint density at radius 3 is 2.74 bits per heavy atom. The number of aryl methyl sites for hydroxylation is 2. The topological polar surface area (TPSA) is 64.4 Å². The van der Waals surface area contributed by atoms with Crippen LogP contribution in [-0.4, -0.2) is 46.3 Å². The molecule has 2 aromatic heterocycles. The second kappa shape index (κ2) is 9.74. The number of hydrogen-bond acceptors (Lipinski definition) is 6. The highest BCUT2D eigenvalue weighted by Crippen LogP contribution is 2.35. The maximum absolute atomic E-state index is 13.9. The van der Waals surface area contributed by atoms with E-state index in [0.29, 0.717) is 28.4 Å². The Balaban J connectivity index is 1.54. The zero-order valence-electron chi connectivity index (χ0n) is 20.0. The molecule has 0 radical (unpaired) electrons. The first-order valence-electron chi connectivity index (χ1n) is 12.1. The molecule has 1 amide bonds. The summed E-state index contributed by atoms with van der Waals surface area (Å²) >= 11 is 3.01. The number of thioether (sulfide) groups is 1. The number of hydrogen-bond donors (Lipinski definition) is 0. The Hall–Kier alpha value is -2.32. The van der Waals surface area contributed by atoms with Gasteiger partial charge in [-0.25, -0.2) is 4.98 Å². The minimum atomic E-state index is -0.0483. The summed E-state index contributed by atoms with van der Waals surface area (Å²) in [7, 11) is 1.62. The van der Waals surface area contributed by atoms with Crippen molar-refractivity contribution in [1.82, 2.24) is 14.5 Å². The number of amides is 1. The summed E-state index contributed by atoms with van der Waals surface area (Å²) in [4.78, 5) is 36.0. The quantitative estimate of drug-likeness (QED) is 0.369. The van der Waals surface area contributed by atoms with Gasteiger partial charge in [-0.05, 0) is 61.6 Å². The standard InChI is InChI=1S/C26H31N3O3S2/c1-16-11-17(2)14-28(13-16)22(30)15-33-26-27-24-23(20-9-4-5-10-21(20)34-24)25(31)29(26)18-7-6-8-19(12-18)32-3/h6-8,12,16-17H,4-5,9-11,13-15H2,1-3H3. The zero-order chi connectivity index (χ0) is 23.8. The molecule has 0 spiro atoms. The Bertz CT molecular complexity index is 1270. The smallest absolute Gasteiger partial charge is 0.267 e. The molecule has 8 heteroatoms. The van der Waals surface area contributed by atoms with E-state index in [2.05, 4.69) is 13.8 Å². The number of thiophene rings is 1. The summed E-state index contributed by atoms with van der Waals surface area (Å²) in [6, 6.07) is 7.50. The molecular weight excluding hydrogens is 466 g/mol. The van der Waals surface area contributed by atoms with Gasteiger partial charge in [0.2, 0.25) is 5.91 Å². The largest absolute Gasteiger partial charge is 0.497 e. The van der Waals surface area contributed by atoms with Gasteiger partial charge in [0.1, 0.15) is 10.6 Å². The highest BCUT2D eigenvalue weighted by molar-refractivity contribution is 7.99. The van der Waals surface area contributed by atoms with E-state index in [0.717, 1.165) is 55.4 Å². The number of fused-ring (bicyclic) bond motifs is 3. The highest BCUT2D eigenvalue weighted by Gasteiger charge is 2.27. The predicted molar refractivity (Wildman–Crippen MR) is 139 cm³/mol. The lowest BCUT2D eigenvalue weighted by Crippen LogP contribution is -2.43. The first-order chi connectivity index (χ1) is 16.4. The molecule has 180 valence electrons. The zero-order valence-corrected chi connectivity index (χ0v) is 21.6. The van der Waals surface area contributed by atoms with Crippen molar-refractivity contribution in [2.75, 3.05) is 26.0 Å². The molecule has 0 bridgehead atoms. The number of methoxy groups -OCH3 is 1. The Morgan fingerprint density at radius 2 is 1.97 bits per heavy atom. The lowest BCUT2D eigenvalue weighted by atomic mass is 9.92. The summed E-state index contributed by atoms with van der Waals surface area (Å²) in [5.74, 6) is 2.09. The van der Waals surface area contributed by atoms with Gasteiger partial charge >= 0.3 is 0 Å². The number of carbonyl (C=O) groups is 1. The molecule has 3 aromatic rings. The van der Waals surface area contributed by atoms with Crippen LogP contribution in [0, 0.1) is 11.8 Å². The molecule has 1 aliphatic carbocycles. The van der Waals surface area contributed by atoms with Crippen LogP contribution in [0.25, 0.3) is 15.9 Å². The van der Waals surface area contributed by atoms with Crippen LogP contribution in [0.2, 0.25) is 0 Å². The van der Waals surface area contributed by atoms with Gasteiger partial charge in [-0.1, -0.05) is 31.7 Å². The molecular formula is C26H31N3O3S2. The Kier molecular flexibility index (Phi) is 6.71. The third-order valence-corrected chi connectivity index (χ3v) is 8.93. The van der Waals surface area contributed by atoms with Crippen LogP contribution < -0.4 is 10.3 Å². The first kappa shape index (κ1) is 23.4. The number of benzene rings is 1. The number of nitrogens with zero attached hydrogens (tertiary/aromatic N) is 3. The van der Waals surface area contributed by atoms with Gasteiger partial charge in [0, 0.05) is 24.0 Å². The summed E-state index contributed by atoms with van der Waals surface area (Å²) < 4.78 is 7.09. The van der Waals surface area contributed by atoms with E-state index in [9.17, 15) is 9.59 Å². The predicted octanol–water partition coefficient (Wildman–Crippen LogP) is 4.93. The van der Waals surface area contributed by atoms with Crippen LogP contribution in [0.5, 0.6) is 5.75 Å². The van der Waals surface area contributed by atoms with Gasteiger partial charge in [0.15, 0.2) is 5.16 Å². The highest BCUT2D eigenvalue weighted by atomic mass is 32.2. The third kappa shape index (κ3) is 4.50. The average Bonchev–Trinajstić information content (AvgIpc) is 3.20. The van der Waals surface area contributed by atoms with Gasteiger partial charge in [0.25, 0.3) is 5.56 Å². The fourth-order valence-corrected chi connectivity index (χ4v) is 7.56. The number of piperidine rings is 1. The van der Waals surface area contributed by atoms with E-state index >= 15 is 0 Å². The van der Waals surface area contributed by atoms with Gasteiger partial charge in [-0.2, -0.15) is 0 Å². The molecule has 2 atom stereocenters. The number of aromatic nitrogens is 2. The number of rotatable bonds is 5. The van der Waals surface area contributed by atoms with E-state index in [1.807, 2.05) is 29.2 Å². The SMILES string of the molecule is COc1cccc(-n2c(SCC(=O)N3CC(C)CC(C)C3)nc3sc4c(c3c2=O)CCCC4)c1. The maximum Gasteiger partial charge on any atom is 0.267 e. The van der Waals surface area contributed by atoms with Crippen molar-refractivity contribution in [3.05, 3.63) is 45.1 Å². The number of likely N-dealkylation sites (tertiary alicyclic amines) is 1. The van der Waals surface area contributed by atoms with Crippen LogP contribution in [0.15, 0.2) is 34.2 Å². The van der Waals surface area contributed by atoms with Gasteiger partial charge in [-0.3, -0.25) is 14.2 Å². The fraction of sp³-hybridized carbons (Fsp3) is 0.500. The summed E-state index contributed by atoms with van der Waals surface area (Å²) in [6.45, 7) is 6.02. The van der Waals surface area contributed by atoms with Gasteiger partial charge in [0.05, 0.1) is 23.9 Å². The van der Waals surface area contributed by atoms with Crippen molar-refractivity contribution in [3.8, 4) is 11.4 Å². The van der Waals surface area contributed by atoms with Gasteiger partial charge in [-0.15, -0.1) is 11.3 Å². The second-order valence-electron chi connectivity index (χ2n) is 9.66. The van der Waals surface area contributed by atoms with Gasteiger partial charge < -0.3 is 9.64 Å². The molecule has 1 saturated heterocycles. The molecule has 2 aliphatic rings. The summed E-state index contributed by atoms with van der Waals surface area (Å²) in [6.07, 6.45) is 5.37. The molecule has 0 saturated carbocycles. The summed E-state index contributed by atoms with van der Waals surface area (Å²) in [5.41, 5.74) is 1.84. The number of carbonyl (C=O) groups excluding carboxylic acids is 1. The van der Waals surface area contributed by atoms with Crippen molar-refractivity contribution in [2.45, 2.75) is 51.1 Å². The van der Waals surface area contributed by atoms with Crippen LogP contribution in [0.4, 0.5) is 0 Å². The molecule has 1 aromatic carbocycles. The van der Waals surface area contributed by atoms with E-state index in [4.69, 9.17) is 9.72 Å². The summed E-state index contributed by atoms with van der Waals surface area (Å²) in [5, 5.41) is 1.31. The number of ether oxygens (including phenoxy) is 1.